The van der Waals surface area contributed by atoms with Crippen molar-refractivity contribution in [1.82, 2.24) is 15.3 Å². The number of amides is 1. The molecule has 3 rings (SSSR count). The fraction of sp³-hybridized carbons (Fsp3) is 0.0588. The highest BCUT2D eigenvalue weighted by molar-refractivity contribution is 6.33. The van der Waals surface area contributed by atoms with Crippen molar-refractivity contribution in [2.75, 3.05) is 0 Å². The van der Waals surface area contributed by atoms with Crippen LogP contribution in [0.25, 0.3) is 16.5 Å². The molecule has 0 spiro atoms. The molecular weight excluding hydrogens is 376 g/mol. The lowest BCUT2D eigenvalue weighted by Gasteiger charge is -2.05. The fourth-order valence-electron chi connectivity index (χ4n) is 2.43. The van der Waals surface area contributed by atoms with E-state index in [-0.39, 0.29) is 34.3 Å². The van der Waals surface area contributed by atoms with Gasteiger partial charge in [-0.3, -0.25) is 4.79 Å². The number of rotatable bonds is 5. The van der Waals surface area contributed by atoms with Gasteiger partial charge in [0.15, 0.2) is 17.2 Å². The number of carbonyl (C=O) groups excluding carboxylic acids is 1. The highest BCUT2D eigenvalue weighted by Gasteiger charge is 2.22. The van der Waals surface area contributed by atoms with E-state index >= 15 is 0 Å². The monoisotopic (exact) mass is 388 g/mol. The Kier molecular flexibility index (Phi) is 4.95. The van der Waals surface area contributed by atoms with Crippen molar-refractivity contribution in [3.05, 3.63) is 59.0 Å². The van der Waals surface area contributed by atoms with E-state index in [0.29, 0.717) is 5.39 Å². The number of nitrogens with two attached hydrogens (primary N) is 1. The molecule has 0 aliphatic heterocycles. The summed E-state index contributed by atoms with van der Waals surface area (Å²) in [6, 6.07) is 4.49. The van der Waals surface area contributed by atoms with Gasteiger partial charge in [-0.15, -0.1) is 0 Å². The molecule has 0 bridgehead atoms. The summed E-state index contributed by atoms with van der Waals surface area (Å²) in [6.45, 7) is -0.0604. The number of halogens is 1. The van der Waals surface area contributed by atoms with E-state index in [1.165, 1.54) is 24.5 Å². The summed E-state index contributed by atoms with van der Waals surface area (Å²) in [5.74, 6) is -2.10. The van der Waals surface area contributed by atoms with Crippen molar-refractivity contribution >= 4 is 40.0 Å². The number of furan rings is 1. The molecule has 0 radical (unpaired) electrons. The zero-order valence-corrected chi connectivity index (χ0v) is 14.4. The first-order valence-electron chi connectivity index (χ1n) is 7.57. The van der Waals surface area contributed by atoms with Gasteiger partial charge in [-0.1, -0.05) is 11.6 Å². The van der Waals surface area contributed by atoms with E-state index < -0.39 is 23.2 Å². The van der Waals surface area contributed by atoms with Crippen LogP contribution in [0.2, 0.25) is 5.02 Å². The summed E-state index contributed by atoms with van der Waals surface area (Å²) < 4.78 is 5.47. The van der Waals surface area contributed by atoms with E-state index in [4.69, 9.17) is 21.8 Å². The Morgan fingerprint density at radius 2 is 2.00 bits per heavy atom. The van der Waals surface area contributed by atoms with Gasteiger partial charge in [-0.25, -0.2) is 14.8 Å². The lowest BCUT2D eigenvalue weighted by Crippen LogP contribution is -2.25. The van der Waals surface area contributed by atoms with E-state index in [1.807, 2.05) is 0 Å². The molecule has 0 atom stereocenters. The van der Waals surface area contributed by atoms with Crippen molar-refractivity contribution in [1.29, 1.82) is 0 Å². The van der Waals surface area contributed by atoms with E-state index in [2.05, 4.69) is 15.3 Å². The van der Waals surface area contributed by atoms with Crippen LogP contribution in [0.15, 0.2) is 41.2 Å². The number of carboxylic acids is 1. The van der Waals surface area contributed by atoms with Crippen molar-refractivity contribution < 1.29 is 24.2 Å². The van der Waals surface area contributed by atoms with Gasteiger partial charge >= 0.3 is 5.97 Å². The Balaban J connectivity index is 1.84. The molecule has 138 valence electrons. The van der Waals surface area contributed by atoms with Gasteiger partial charge < -0.3 is 25.7 Å². The number of phenols is 1. The van der Waals surface area contributed by atoms with Gasteiger partial charge in [0.25, 0.3) is 5.91 Å². The lowest BCUT2D eigenvalue weighted by molar-refractivity contribution is -0.115. The molecule has 2 aromatic heterocycles. The van der Waals surface area contributed by atoms with Gasteiger partial charge in [0, 0.05) is 24.0 Å². The molecule has 9 nitrogen and oxygen atoms in total. The number of nitrogens with one attached hydrogen (secondary N) is 1. The highest BCUT2D eigenvalue weighted by Crippen LogP contribution is 2.36. The van der Waals surface area contributed by atoms with Crippen LogP contribution >= 0.6 is 11.6 Å². The minimum Gasteiger partial charge on any atom is -0.505 e. The first kappa shape index (κ1) is 18.2. The minimum absolute atomic E-state index is 0.0466. The predicted molar refractivity (Wildman–Crippen MR) is 95.9 cm³/mol. The van der Waals surface area contributed by atoms with Crippen LogP contribution in [0, 0.1) is 0 Å². The number of hydrogen-bond acceptors (Lipinski definition) is 7. The number of aromatic hydroxyl groups is 1. The third-order valence-electron chi connectivity index (χ3n) is 3.64. The van der Waals surface area contributed by atoms with E-state index in [9.17, 15) is 19.8 Å². The Bertz CT molecular complexity index is 1060. The number of fused-ring (bicyclic) bond motifs is 1. The molecular formula is C17H13ClN4O5. The standard InChI is InChI=1S/C17H13ClN4O5/c18-11-5-8-4-9(27-14(8)12(13(11)23)17(25)26)7-22-16(24)10(6-19)15-20-2-1-3-21-15/h1-6,23H,7,19H2,(H,22,24)(H,25,26)/b10-6+. The molecule has 10 heteroatoms. The second-order valence-corrected chi connectivity index (χ2v) is 5.76. The predicted octanol–water partition coefficient (Wildman–Crippen LogP) is 1.90. The number of carbonyl (C=O) groups is 2. The number of hydrogen-bond donors (Lipinski definition) is 4. The second kappa shape index (κ2) is 7.34. The average Bonchev–Trinajstić information content (AvgIpc) is 3.04. The SMILES string of the molecule is N/C=C(/C(=O)NCc1cc2cc(Cl)c(O)c(C(=O)O)c2o1)c1ncccn1. The Morgan fingerprint density at radius 3 is 2.63 bits per heavy atom. The molecule has 1 amide bonds. The van der Waals surface area contributed by atoms with E-state index in [0.717, 1.165) is 6.20 Å². The lowest BCUT2D eigenvalue weighted by atomic mass is 10.1. The summed E-state index contributed by atoms with van der Waals surface area (Å²) in [5, 5.41) is 21.9. The molecule has 1 aromatic carbocycles. The van der Waals surface area contributed by atoms with Gasteiger partial charge in [0.1, 0.15) is 11.3 Å². The maximum Gasteiger partial charge on any atom is 0.343 e. The van der Waals surface area contributed by atoms with Gasteiger partial charge in [0.2, 0.25) is 0 Å². The molecule has 0 saturated heterocycles. The largest absolute Gasteiger partial charge is 0.505 e. The smallest absolute Gasteiger partial charge is 0.343 e. The normalized spacial score (nSPS) is 11.5. The Hall–Kier alpha value is -3.59. The van der Waals surface area contributed by atoms with Gasteiger partial charge in [-0.2, -0.15) is 0 Å². The third kappa shape index (κ3) is 3.53. The fourth-order valence-corrected chi connectivity index (χ4v) is 2.64. The van der Waals surface area contributed by atoms with Crippen LogP contribution in [0.4, 0.5) is 0 Å². The number of nitrogens with zero attached hydrogens (tertiary/aromatic N) is 2. The zero-order valence-electron chi connectivity index (χ0n) is 13.6. The van der Waals surface area contributed by atoms with Crippen LogP contribution < -0.4 is 11.1 Å². The Morgan fingerprint density at radius 1 is 1.30 bits per heavy atom. The van der Waals surface area contributed by atoms with Crippen LogP contribution in [0.5, 0.6) is 5.75 Å². The molecule has 2 heterocycles. The average molecular weight is 389 g/mol. The quantitative estimate of drug-likeness (QED) is 0.483. The number of carboxylic acid groups (broad SMARTS) is 1. The third-order valence-corrected chi connectivity index (χ3v) is 3.93. The summed E-state index contributed by atoms with van der Waals surface area (Å²) in [7, 11) is 0. The van der Waals surface area contributed by atoms with Crippen molar-refractivity contribution in [2.24, 2.45) is 5.73 Å². The molecule has 0 saturated carbocycles. The molecule has 27 heavy (non-hydrogen) atoms. The molecule has 0 aliphatic rings. The second-order valence-electron chi connectivity index (χ2n) is 5.35. The Labute approximate surface area is 157 Å². The van der Waals surface area contributed by atoms with Crippen molar-refractivity contribution in [3.8, 4) is 5.75 Å². The van der Waals surface area contributed by atoms with Crippen LogP contribution in [0.1, 0.15) is 21.9 Å². The van der Waals surface area contributed by atoms with Crippen LogP contribution in [-0.2, 0) is 11.3 Å². The highest BCUT2D eigenvalue weighted by atomic mass is 35.5. The number of aromatic carboxylic acids is 1. The van der Waals surface area contributed by atoms with Crippen LogP contribution in [0.3, 0.4) is 0 Å². The summed E-state index contributed by atoms with van der Waals surface area (Å²) in [5.41, 5.74) is 5.06. The first-order chi connectivity index (χ1) is 12.9. The van der Waals surface area contributed by atoms with Crippen LogP contribution in [-0.4, -0.2) is 32.1 Å². The minimum atomic E-state index is -1.39. The van der Waals surface area contributed by atoms with Crippen molar-refractivity contribution in [3.63, 3.8) is 0 Å². The van der Waals surface area contributed by atoms with Crippen molar-refractivity contribution in [2.45, 2.75) is 6.54 Å². The summed E-state index contributed by atoms with van der Waals surface area (Å²) in [6.07, 6.45) is 4.04. The molecule has 0 fully saturated rings. The molecule has 0 unspecified atom stereocenters. The van der Waals surface area contributed by atoms with Gasteiger partial charge in [-0.05, 0) is 18.2 Å². The summed E-state index contributed by atoms with van der Waals surface area (Å²) in [4.78, 5) is 31.6. The maximum atomic E-state index is 12.3. The number of benzene rings is 1. The van der Waals surface area contributed by atoms with E-state index in [1.54, 1.807) is 6.07 Å². The molecule has 5 N–H and O–H groups in total. The zero-order chi connectivity index (χ0) is 19.6. The molecule has 3 aromatic rings. The summed E-state index contributed by atoms with van der Waals surface area (Å²) >= 11 is 5.84. The molecule has 0 aliphatic carbocycles. The maximum absolute atomic E-state index is 12.3. The first-order valence-corrected chi connectivity index (χ1v) is 7.94. The number of aromatic nitrogens is 2. The topological polar surface area (TPSA) is 152 Å². The van der Waals surface area contributed by atoms with Gasteiger partial charge in [0.05, 0.1) is 17.1 Å².